The van der Waals surface area contributed by atoms with Crippen LogP contribution in [0.4, 0.5) is 0 Å². The molecule has 0 aromatic carbocycles. The SMILES string of the molecule is CNC(c1ccncc1C)c1nccnc1OC. The maximum atomic E-state index is 5.26. The van der Waals surface area contributed by atoms with E-state index in [1.807, 2.05) is 26.2 Å². The van der Waals surface area contributed by atoms with Crippen LogP contribution in [0, 0.1) is 6.92 Å². The lowest BCUT2D eigenvalue weighted by Crippen LogP contribution is -2.21. The lowest BCUT2D eigenvalue weighted by molar-refractivity contribution is 0.384. The van der Waals surface area contributed by atoms with Crippen molar-refractivity contribution >= 4 is 0 Å². The smallest absolute Gasteiger partial charge is 0.237 e. The Kier molecular flexibility index (Phi) is 3.84. The number of nitrogens with zero attached hydrogens (tertiary/aromatic N) is 3. The fraction of sp³-hybridized carbons (Fsp3) is 0.308. The molecule has 0 spiro atoms. The average molecular weight is 244 g/mol. The van der Waals surface area contributed by atoms with Gasteiger partial charge in [-0.3, -0.25) is 9.97 Å². The molecule has 94 valence electrons. The molecule has 0 amide bonds. The fourth-order valence-corrected chi connectivity index (χ4v) is 1.94. The standard InChI is InChI=1S/C13H16N4O/c1-9-8-15-5-4-10(9)11(14-2)12-13(18-3)17-7-6-16-12/h4-8,11,14H,1-3H3. The summed E-state index contributed by atoms with van der Waals surface area (Å²) in [7, 11) is 3.48. The van der Waals surface area contributed by atoms with Crippen LogP contribution in [0.5, 0.6) is 5.88 Å². The Morgan fingerprint density at radius 3 is 2.67 bits per heavy atom. The fourth-order valence-electron chi connectivity index (χ4n) is 1.94. The van der Waals surface area contributed by atoms with E-state index in [0.29, 0.717) is 5.88 Å². The van der Waals surface area contributed by atoms with Crippen molar-refractivity contribution in [3.63, 3.8) is 0 Å². The lowest BCUT2D eigenvalue weighted by atomic mass is 10.0. The topological polar surface area (TPSA) is 59.9 Å². The van der Waals surface area contributed by atoms with Crippen molar-refractivity contribution in [1.29, 1.82) is 0 Å². The Bertz CT molecular complexity index is 530. The van der Waals surface area contributed by atoms with Crippen LogP contribution in [-0.4, -0.2) is 29.1 Å². The van der Waals surface area contributed by atoms with Gasteiger partial charge in [-0.2, -0.15) is 0 Å². The van der Waals surface area contributed by atoms with Crippen LogP contribution < -0.4 is 10.1 Å². The van der Waals surface area contributed by atoms with Crippen LogP contribution in [0.15, 0.2) is 30.9 Å². The van der Waals surface area contributed by atoms with Crippen LogP contribution in [0.1, 0.15) is 22.9 Å². The van der Waals surface area contributed by atoms with Gasteiger partial charge in [-0.25, -0.2) is 4.98 Å². The first-order valence-corrected chi connectivity index (χ1v) is 5.70. The molecule has 18 heavy (non-hydrogen) atoms. The number of nitrogens with one attached hydrogen (secondary N) is 1. The highest BCUT2D eigenvalue weighted by Crippen LogP contribution is 2.27. The Balaban J connectivity index is 2.49. The van der Waals surface area contributed by atoms with Gasteiger partial charge in [0.05, 0.1) is 13.2 Å². The second kappa shape index (κ2) is 5.55. The summed E-state index contributed by atoms with van der Waals surface area (Å²) in [5.74, 6) is 0.535. The molecular formula is C13H16N4O. The molecule has 0 aliphatic rings. The summed E-state index contributed by atoms with van der Waals surface area (Å²) in [6.07, 6.45) is 6.89. The minimum atomic E-state index is -0.0587. The zero-order chi connectivity index (χ0) is 13.0. The second-order valence-corrected chi connectivity index (χ2v) is 3.90. The molecule has 0 bridgehead atoms. The summed E-state index contributed by atoms with van der Waals surface area (Å²) in [6.45, 7) is 2.02. The summed E-state index contributed by atoms with van der Waals surface area (Å²) in [5.41, 5.74) is 2.99. The number of hydrogen-bond acceptors (Lipinski definition) is 5. The zero-order valence-electron chi connectivity index (χ0n) is 10.7. The van der Waals surface area contributed by atoms with Gasteiger partial charge >= 0.3 is 0 Å². The number of methoxy groups -OCH3 is 1. The van der Waals surface area contributed by atoms with E-state index in [0.717, 1.165) is 16.8 Å². The predicted molar refractivity (Wildman–Crippen MR) is 68.5 cm³/mol. The van der Waals surface area contributed by atoms with Crippen molar-refractivity contribution < 1.29 is 4.74 Å². The van der Waals surface area contributed by atoms with Gasteiger partial charge in [-0.1, -0.05) is 0 Å². The Morgan fingerprint density at radius 1 is 1.22 bits per heavy atom. The van der Waals surface area contributed by atoms with Crippen molar-refractivity contribution in [2.45, 2.75) is 13.0 Å². The number of hydrogen-bond donors (Lipinski definition) is 1. The summed E-state index contributed by atoms with van der Waals surface area (Å²) < 4.78 is 5.26. The molecule has 0 saturated carbocycles. The average Bonchev–Trinajstić information content (AvgIpc) is 2.42. The van der Waals surface area contributed by atoms with Crippen molar-refractivity contribution in [1.82, 2.24) is 20.3 Å². The maximum Gasteiger partial charge on any atom is 0.237 e. The van der Waals surface area contributed by atoms with Gasteiger partial charge in [0, 0.05) is 24.8 Å². The molecule has 2 aromatic heterocycles. The molecule has 2 rings (SSSR count). The van der Waals surface area contributed by atoms with Crippen molar-refractivity contribution in [3.8, 4) is 5.88 Å². The van der Waals surface area contributed by atoms with E-state index in [-0.39, 0.29) is 6.04 Å². The minimum absolute atomic E-state index is 0.0587. The van der Waals surface area contributed by atoms with Gasteiger partial charge in [0.25, 0.3) is 0 Å². The molecule has 5 heteroatoms. The monoisotopic (exact) mass is 244 g/mol. The molecule has 1 atom stereocenters. The molecule has 0 radical (unpaired) electrons. The number of aryl methyl sites for hydroxylation is 1. The highest BCUT2D eigenvalue weighted by Gasteiger charge is 2.20. The maximum absolute atomic E-state index is 5.26. The minimum Gasteiger partial charge on any atom is -0.480 e. The summed E-state index contributed by atoms with van der Waals surface area (Å²) in [6, 6.07) is 1.92. The van der Waals surface area contributed by atoms with Crippen LogP contribution in [0.3, 0.4) is 0 Å². The van der Waals surface area contributed by atoms with Gasteiger partial charge in [0.1, 0.15) is 5.69 Å². The molecular weight excluding hydrogens is 228 g/mol. The van der Waals surface area contributed by atoms with E-state index in [1.165, 1.54) is 0 Å². The summed E-state index contributed by atoms with van der Waals surface area (Å²) >= 11 is 0. The van der Waals surface area contributed by atoms with Gasteiger partial charge in [-0.05, 0) is 31.2 Å². The molecule has 5 nitrogen and oxygen atoms in total. The van der Waals surface area contributed by atoms with E-state index < -0.39 is 0 Å². The van der Waals surface area contributed by atoms with Crippen LogP contribution >= 0.6 is 0 Å². The Morgan fingerprint density at radius 2 is 2.00 bits per heavy atom. The number of pyridine rings is 1. The molecule has 2 aromatic rings. The predicted octanol–water partition coefficient (Wildman–Crippen LogP) is 1.50. The van der Waals surface area contributed by atoms with E-state index >= 15 is 0 Å². The van der Waals surface area contributed by atoms with Gasteiger partial charge < -0.3 is 10.1 Å². The van der Waals surface area contributed by atoms with E-state index in [9.17, 15) is 0 Å². The largest absolute Gasteiger partial charge is 0.480 e. The number of aromatic nitrogens is 3. The van der Waals surface area contributed by atoms with E-state index in [2.05, 4.69) is 20.3 Å². The van der Waals surface area contributed by atoms with Gasteiger partial charge in [-0.15, -0.1) is 0 Å². The van der Waals surface area contributed by atoms with Crippen molar-refractivity contribution in [2.24, 2.45) is 0 Å². The molecule has 0 fully saturated rings. The molecule has 0 aliphatic heterocycles. The van der Waals surface area contributed by atoms with Gasteiger partial charge in [0.15, 0.2) is 0 Å². The number of ether oxygens (including phenoxy) is 1. The summed E-state index contributed by atoms with van der Waals surface area (Å²) in [5, 5.41) is 3.24. The molecule has 1 N–H and O–H groups in total. The third-order valence-electron chi connectivity index (χ3n) is 2.82. The Labute approximate surface area is 106 Å². The first-order chi connectivity index (χ1) is 8.77. The first-order valence-electron chi connectivity index (χ1n) is 5.70. The Hall–Kier alpha value is -2.01. The second-order valence-electron chi connectivity index (χ2n) is 3.90. The molecule has 1 unspecified atom stereocenters. The highest BCUT2D eigenvalue weighted by atomic mass is 16.5. The number of rotatable bonds is 4. The van der Waals surface area contributed by atoms with Crippen molar-refractivity contribution in [2.75, 3.05) is 14.2 Å². The van der Waals surface area contributed by atoms with Crippen LogP contribution in [0.25, 0.3) is 0 Å². The molecule has 0 saturated heterocycles. The van der Waals surface area contributed by atoms with Crippen molar-refractivity contribution in [3.05, 3.63) is 47.7 Å². The third kappa shape index (κ3) is 2.31. The summed E-state index contributed by atoms with van der Waals surface area (Å²) in [4.78, 5) is 12.7. The van der Waals surface area contributed by atoms with E-state index in [4.69, 9.17) is 4.74 Å². The highest BCUT2D eigenvalue weighted by molar-refractivity contribution is 5.35. The quantitative estimate of drug-likeness (QED) is 0.883. The van der Waals surface area contributed by atoms with Crippen LogP contribution in [0.2, 0.25) is 0 Å². The third-order valence-corrected chi connectivity index (χ3v) is 2.82. The molecule has 2 heterocycles. The normalized spacial score (nSPS) is 12.2. The van der Waals surface area contributed by atoms with Crippen LogP contribution in [-0.2, 0) is 0 Å². The lowest BCUT2D eigenvalue weighted by Gasteiger charge is -2.19. The first kappa shape index (κ1) is 12.4. The van der Waals surface area contributed by atoms with Gasteiger partial charge in [0.2, 0.25) is 5.88 Å². The molecule has 0 aliphatic carbocycles. The zero-order valence-corrected chi connectivity index (χ0v) is 10.7. The van der Waals surface area contributed by atoms with E-state index in [1.54, 1.807) is 25.7 Å².